The molecule has 0 bridgehead atoms. The monoisotopic (exact) mass is 706 g/mol. The van der Waals surface area contributed by atoms with E-state index in [0.717, 1.165) is 22.7 Å². The first kappa shape index (κ1) is 29.0. The van der Waals surface area contributed by atoms with Crippen LogP contribution in [0, 0.1) is 0 Å². The quantitative estimate of drug-likeness (QED) is 0.190. The summed E-state index contributed by atoms with van der Waals surface area (Å²) in [5.41, 5.74) is 4.48. The SMILES string of the molecule is c1ccc(Nc2ccc3c4cc5c(cc4c4cccc2c43)c2ccc3c4cc6c(cc4c4ccc5c2c34)c2ccc(Nc3ccccc3)c3cccc6c32)cc1. The van der Waals surface area contributed by atoms with E-state index in [9.17, 15) is 0 Å². The van der Waals surface area contributed by atoms with Crippen LogP contribution in [0.1, 0.15) is 0 Å². The summed E-state index contributed by atoms with van der Waals surface area (Å²) in [5, 5.41) is 36.7. The summed E-state index contributed by atoms with van der Waals surface area (Å²) < 4.78 is 0. The standard InChI is InChI=1S/C54H30N2/c1-3-9-29(10-4-1)55-49-23-21-33-43-27-47-37-19-20-38-48-28-44-34-22-24-50(56-30-11-5-2-6-12-30)40-16-8-14-32(52(34)40)42(44)26-46(48)36-18-17-35(53(37)54(36)38)45(47)25-41(43)31-13-7-15-39(49)51(31)33/h1-28,55-56H. The van der Waals surface area contributed by atoms with Crippen molar-refractivity contribution in [2.24, 2.45) is 0 Å². The number of para-hydroxylation sites is 2. The van der Waals surface area contributed by atoms with E-state index in [1.807, 2.05) is 0 Å². The van der Waals surface area contributed by atoms with Gasteiger partial charge in [0.05, 0.1) is 0 Å². The molecule has 0 aromatic heterocycles. The fraction of sp³-hybridized carbons (Fsp3) is 0. The Morgan fingerprint density at radius 1 is 0.196 bits per heavy atom. The number of hydrogen-bond donors (Lipinski definition) is 2. The van der Waals surface area contributed by atoms with Crippen LogP contribution in [0.15, 0.2) is 170 Å². The molecule has 0 heterocycles. The molecule has 0 atom stereocenters. The summed E-state index contributed by atoms with van der Waals surface area (Å²) in [6.07, 6.45) is 0. The normalized spacial score (nSPS) is 12.6. The third kappa shape index (κ3) is 3.57. The second kappa shape index (κ2) is 10.2. The summed E-state index contributed by atoms with van der Waals surface area (Å²) in [7, 11) is 0. The van der Waals surface area contributed by atoms with Gasteiger partial charge in [-0.3, -0.25) is 0 Å². The van der Waals surface area contributed by atoms with Gasteiger partial charge in [0.1, 0.15) is 0 Å². The molecule has 0 radical (unpaired) electrons. The molecular weight excluding hydrogens is 677 g/mol. The van der Waals surface area contributed by atoms with Gasteiger partial charge in [0.15, 0.2) is 0 Å². The number of anilines is 4. The van der Waals surface area contributed by atoms with Gasteiger partial charge in [-0.25, -0.2) is 0 Å². The van der Waals surface area contributed by atoms with Crippen LogP contribution in [0.25, 0.3) is 118 Å². The molecule has 14 aromatic rings. The Hall–Kier alpha value is -7.42. The molecule has 0 saturated heterocycles. The Balaban J connectivity index is 0.998. The van der Waals surface area contributed by atoms with Crippen LogP contribution >= 0.6 is 0 Å². The van der Waals surface area contributed by atoms with Crippen molar-refractivity contribution in [3.05, 3.63) is 170 Å². The molecule has 0 aliphatic carbocycles. The fourth-order valence-corrected chi connectivity index (χ4v) is 10.7. The summed E-state index contributed by atoms with van der Waals surface area (Å²) in [5.74, 6) is 0. The molecule has 2 N–H and O–H groups in total. The second-order valence-corrected chi connectivity index (χ2v) is 15.7. The van der Waals surface area contributed by atoms with Gasteiger partial charge in [-0.1, -0.05) is 109 Å². The van der Waals surface area contributed by atoms with Crippen molar-refractivity contribution >= 4 is 141 Å². The predicted octanol–water partition coefficient (Wildman–Crippen LogP) is 15.6. The predicted molar refractivity (Wildman–Crippen MR) is 243 cm³/mol. The van der Waals surface area contributed by atoms with E-state index in [4.69, 9.17) is 0 Å². The lowest BCUT2D eigenvalue weighted by Gasteiger charge is -2.10. The minimum absolute atomic E-state index is 1.10. The summed E-state index contributed by atoms with van der Waals surface area (Å²) in [6, 6.07) is 63.1. The first-order valence-corrected chi connectivity index (χ1v) is 19.5. The van der Waals surface area contributed by atoms with E-state index in [0.29, 0.717) is 0 Å². The number of hydrogen-bond acceptors (Lipinski definition) is 2. The van der Waals surface area contributed by atoms with Crippen molar-refractivity contribution in [3.8, 4) is 0 Å². The van der Waals surface area contributed by atoms with Gasteiger partial charge < -0.3 is 10.6 Å². The van der Waals surface area contributed by atoms with E-state index < -0.39 is 0 Å². The molecule has 0 saturated carbocycles. The maximum atomic E-state index is 3.68. The van der Waals surface area contributed by atoms with Crippen LogP contribution < -0.4 is 10.6 Å². The minimum Gasteiger partial charge on any atom is -0.355 e. The summed E-state index contributed by atoms with van der Waals surface area (Å²) in [6.45, 7) is 0. The minimum atomic E-state index is 1.10. The Kier molecular flexibility index (Phi) is 5.28. The van der Waals surface area contributed by atoms with Crippen molar-refractivity contribution in [2.75, 3.05) is 10.6 Å². The van der Waals surface area contributed by atoms with E-state index in [2.05, 4.69) is 180 Å². The largest absolute Gasteiger partial charge is 0.355 e. The number of nitrogens with one attached hydrogen (secondary N) is 2. The third-order valence-corrected chi connectivity index (χ3v) is 13.0. The van der Waals surface area contributed by atoms with Crippen LogP contribution in [0.2, 0.25) is 0 Å². The van der Waals surface area contributed by atoms with Crippen LogP contribution in [-0.2, 0) is 0 Å². The van der Waals surface area contributed by atoms with Crippen molar-refractivity contribution in [1.29, 1.82) is 0 Å². The smallest absolute Gasteiger partial charge is 0.0464 e. The molecule has 0 amide bonds. The topological polar surface area (TPSA) is 24.1 Å². The van der Waals surface area contributed by atoms with Crippen LogP contribution in [0.3, 0.4) is 0 Å². The van der Waals surface area contributed by atoms with Crippen molar-refractivity contribution in [1.82, 2.24) is 0 Å². The van der Waals surface area contributed by atoms with Gasteiger partial charge in [0, 0.05) is 33.5 Å². The lowest BCUT2D eigenvalue weighted by Crippen LogP contribution is -1.90. The van der Waals surface area contributed by atoms with E-state index in [1.165, 1.54) is 118 Å². The Bertz CT molecular complexity index is 3510. The Morgan fingerprint density at radius 3 is 0.839 bits per heavy atom. The molecule has 14 rings (SSSR count). The highest BCUT2D eigenvalue weighted by Crippen LogP contribution is 2.51. The zero-order chi connectivity index (χ0) is 36.2. The highest BCUT2D eigenvalue weighted by Gasteiger charge is 2.23. The average molecular weight is 707 g/mol. The first-order valence-electron chi connectivity index (χ1n) is 19.5. The van der Waals surface area contributed by atoms with Gasteiger partial charge in [-0.15, -0.1) is 0 Å². The maximum absolute atomic E-state index is 3.68. The van der Waals surface area contributed by atoms with E-state index in [-0.39, 0.29) is 0 Å². The average Bonchev–Trinajstić information content (AvgIpc) is 3.95. The lowest BCUT2D eigenvalue weighted by atomic mass is 10.0. The molecule has 256 valence electrons. The molecule has 2 heteroatoms. The van der Waals surface area contributed by atoms with Crippen LogP contribution in [-0.4, -0.2) is 0 Å². The van der Waals surface area contributed by atoms with Gasteiger partial charge in [0.25, 0.3) is 0 Å². The van der Waals surface area contributed by atoms with Gasteiger partial charge in [-0.2, -0.15) is 0 Å². The number of benzene rings is 10. The molecule has 2 nitrogen and oxygen atoms in total. The van der Waals surface area contributed by atoms with Crippen LogP contribution in [0.4, 0.5) is 22.7 Å². The van der Waals surface area contributed by atoms with Crippen molar-refractivity contribution in [3.63, 3.8) is 0 Å². The molecule has 0 aliphatic rings. The zero-order valence-electron chi connectivity index (χ0n) is 30.2. The maximum Gasteiger partial charge on any atom is 0.0464 e. The van der Waals surface area contributed by atoms with E-state index in [1.54, 1.807) is 0 Å². The van der Waals surface area contributed by atoms with Crippen LogP contribution in [0.5, 0.6) is 0 Å². The van der Waals surface area contributed by atoms with Gasteiger partial charge in [0.2, 0.25) is 0 Å². The van der Waals surface area contributed by atoms with Crippen molar-refractivity contribution < 1.29 is 0 Å². The number of fused-ring (bicyclic) bond motifs is 12. The first-order chi connectivity index (χ1) is 27.8. The second-order valence-electron chi connectivity index (χ2n) is 15.7. The fourth-order valence-electron chi connectivity index (χ4n) is 10.7. The Morgan fingerprint density at radius 2 is 0.482 bits per heavy atom. The molecule has 56 heavy (non-hydrogen) atoms. The summed E-state index contributed by atoms with van der Waals surface area (Å²) >= 11 is 0. The highest BCUT2D eigenvalue weighted by atomic mass is 14.9. The third-order valence-electron chi connectivity index (χ3n) is 13.0. The van der Waals surface area contributed by atoms with E-state index >= 15 is 0 Å². The van der Waals surface area contributed by atoms with Gasteiger partial charge in [-0.05, 0) is 168 Å². The molecule has 0 spiro atoms. The molecule has 0 fully saturated rings. The van der Waals surface area contributed by atoms with Crippen molar-refractivity contribution in [2.45, 2.75) is 0 Å². The molecule has 0 unspecified atom stereocenters. The lowest BCUT2D eigenvalue weighted by molar-refractivity contribution is 1.59. The highest BCUT2D eigenvalue weighted by molar-refractivity contribution is 6.45. The molecule has 0 aliphatic heterocycles. The molecular formula is C54H30N2. The molecule has 14 aromatic carbocycles. The zero-order valence-corrected chi connectivity index (χ0v) is 30.2. The summed E-state index contributed by atoms with van der Waals surface area (Å²) in [4.78, 5) is 0. The number of rotatable bonds is 4. The van der Waals surface area contributed by atoms with Gasteiger partial charge >= 0.3 is 0 Å². The Labute approximate surface area is 320 Å².